The van der Waals surface area contributed by atoms with Crippen molar-refractivity contribution in [1.29, 1.82) is 0 Å². The largest absolute Gasteiger partial charge is 0.322 e. The molecule has 0 aliphatic carbocycles. The fourth-order valence-electron chi connectivity index (χ4n) is 3.29. The number of aromatic nitrogens is 2. The van der Waals surface area contributed by atoms with Crippen molar-refractivity contribution in [1.82, 2.24) is 9.55 Å². The van der Waals surface area contributed by atoms with E-state index in [1.54, 1.807) is 19.1 Å². The second-order valence-corrected chi connectivity index (χ2v) is 9.61. The number of nitrogens with zero attached hydrogens (tertiary/aromatic N) is 2. The lowest BCUT2D eigenvalue weighted by Gasteiger charge is -2.14. The Morgan fingerprint density at radius 2 is 1.79 bits per heavy atom. The Bertz CT molecular complexity index is 1550. The van der Waals surface area contributed by atoms with E-state index in [1.807, 2.05) is 0 Å². The Hall–Kier alpha value is -3.56. The summed E-state index contributed by atoms with van der Waals surface area (Å²) in [6.45, 7) is 1.30. The SMILES string of the molecule is Cc1ccc2c(=O)c(S(=O)(=O)c3ccc(Cl)cc3)cn(CC(=O)Nc3ccccc3F)c2n1. The molecule has 0 fully saturated rings. The highest BCUT2D eigenvalue weighted by Crippen LogP contribution is 2.23. The fraction of sp³-hybridized carbons (Fsp3) is 0.0870. The van der Waals surface area contributed by atoms with Crippen molar-refractivity contribution in [2.75, 3.05) is 5.32 Å². The van der Waals surface area contributed by atoms with Gasteiger partial charge in [-0.05, 0) is 55.5 Å². The van der Waals surface area contributed by atoms with E-state index in [0.717, 1.165) is 6.20 Å². The van der Waals surface area contributed by atoms with Gasteiger partial charge in [0.1, 0.15) is 22.9 Å². The summed E-state index contributed by atoms with van der Waals surface area (Å²) < 4.78 is 41.6. The Labute approximate surface area is 193 Å². The van der Waals surface area contributed by atoms with Crippen LogP contribution in [-0.4, -0.2) is 23.9 Å². The predicted molar refractivity (Wildman–Crippen MR) is 123 cm³/mol. The topological polar surface area (TPSA) is 98.1 Å². The number of fused-ring (bicyclic) bond motifs is 1. The molecule has 4 rings (SSSR count). The van der Waals surface area contributed by atoms with Crippen LogP contribution in [0.4, 0.5) is 10.1 Å². The highest BCUT2D eigenvalue weighted by molar-refractivity contribution is 7.91. The van der Waals surface area contributed by atoms with Crippen LogP contribution < -0.4 is 10.7 Å². The van der Waals surface area contributed by atoms with Gasteiger partial charge in [-0.1, -0.05) is 23.7 Å². The number of anilines is 1. The summed E-state index contributed by atoms with van der Waals surface area (Å²) in [5.41, 5.74) is -0.0542. The predicted octanol–water partition coefficient (Wildman–Crippen LogP) is 3.97. The first-order valence-corrected chi connectivity index (χ1v) is 11.6. The Balaban J connectivity index is 1.83. The van der Waals surface area contributed by atoms with Gasteiger partial charge in [-0.2, -0.15) is 0 Å². The van der Waals surface area contributed by atoms with Crippen molar-refractivity contribution in [2.24, 2.45) is 0 Å². The van der Waals surface area contributed by atoms with Gasteiger partial charge in [0, 0.05) is 16.9 Å². The van der Waals surface area contributed by atoms with Crippen molar-refractivity contribution in [2.45, 2.75) is 23.3 Å². The minimum Gasteiger partial charge on any atom is -0.322 e. The summed E-state index contributed by atoms with van der Waals surface area (Å²) in [6, 6.07) is 14.1. The van der Waals surface area contributed by atoms with E-state index in [4.69, 9.17) is 11.6 Å². The van der Waals surface area contributed by atoms with Gasteiger partial charge in [0.2, 0.25) is 21.2 Å². The van der Waals surface area contributed by atoms with Gasteiger partial charge < -0.3 is 9.88 Å². The lowest BCUT2D eigenvalue weighted by atomic mass is 10.2. The van der Waals surface area contributed by atoms with Crippen LogP contribution >= 0.6 is 11.6 Å². The van der Waals surface area contributed by atoms with Crippen LogP contribution in [0.25, 0.3) is 11.0 Å². The fourth-order valence-corrected chi connectivity index (χ4v) is 4.79. The first-order chi connectivity index (χ1) is 15.7. The molecule has 0 aliphatic rings. The van der Waals surface area contributed by atoms with Crippen molar-refractivity contribution in [3.63, 3.8) is 0 Å². The molecule has 0 saturated heterocycles. The average molecular weight is 486 g/mol. The lowest BCUT2D eigenvalue weighted by Crippen LogP contribution is -2.24. The van der Waals surface area contributed by atoms with E-state index in [2.05, 4.69) is 10.3 Å². The number of amides is 1. The first-order valence-electron chi connectivity index (χ1n) is 9.72. The minimum atomic E-state index is -4.22. The third kappa shape index (κ3) is 4.50. The number of para-hydroxylation sites is 1. The molecule has 2 aromatic carbocycles. The maximum Gasteiger partial charge on any atom is 0.244 e. The van der Waals surface area contributed by atoms with E-state index in [1.165, 1.54) is 53.1 Å². The van der Waals surface area contributed by atoms with Gasteiger partial charge in [0.05, 0.1) is 16.0 Å². The molecular formula is C23H17ClFN3O4S. The zero-order valence-electron chi connectivity index (χ0n) is 17.2. The molecule has 2 aromatic heterocycles. The van der Waals surface area contributed by atoms with Gasteiger partial charge in [0.25, 0.3) is 0 Å². The first kappa shape index (κ1) is 22.6. The summed E-state index contributed by atoms with van der Waals surface area (Å²) in [4.78, 5) is 29.4. The molecule has 1 N–H and O–H groups in total. The summed E-state index contributed by atoms with van der Waals surface area (Å²) in [5.74, 6) is -1.24. The van der Waals surface area contributed by atoms with E-state index < -0.39 is 38.4 Å². The molecule has 0 unspecified atom stereocenters. The number of benzene rings is 2. The molecule has 168 valence electrons. The van der Waals surface area contributed by atoms with Crippen LogP contribution in [0.3, 0.4) is 0 Å². The molecule has 0 saturated carbocycles. The van der Waals surface area contributed by atoms with E-state index in [0.29, 0.717) is 10.7 Å². The molecule has 7 nitrogen and oxygen atoms in total. The normalized spacial score (nSPS) is 11.5. The Morgan fingerprint density at radius 3 is 2.48 bits per heavy atom. The molecule has 0 atom stereocenters. The molecule has 10 heteroatoms. The van der Waals surface area contributed by atoms with Gasteiger partial charge in [0.15, 0.2) is 0 Å². The standard InChI is InChI=1S/C23H17ClFN3O4S/c1-14-6-11-17-22(30)20(33(31,32)16-9-7-15(24)8-10-16)12-28(23(17)26-14)13-21(29)27-19-5-3-2-4-18(19)25/h2-12H,13H2,1H3,(H,27,29). The smallest absolute Gasteiger partial charge is 0.244 e. The quantitative estimate of drug-likeness (QED) is 0.461. The molecular weight excluding hydrogens is 469 g/mol. The summed E-state index contributed by atoms with van der Waals surface area (Å²) in [6.07, 6.45) is 1.09. The number of carbonyl (C=O) groups is 1. The number of aryl methyl sites for hydroxylation is 1. The summed E-state index contributed by atoms with van der Waals surface area (Å²) in [7, 11) is -4.22. The maximum atomic E-state index is 13.9. The van der Waals surface area contributed by atoms with Crippen LogP contribution in [0.15, 0.2) is 81.4 Å². The Kier molecular flexibility index (Phi) is 6.01. The number of hydrogen-bond donors (Lipinski definition) is 1. The number of hydrogen-bond acceptors (Lipinski definition) is 5. The third-order valence-electron chi connectivity index (χ3n) is 4.90. The number of sulfone groups is 1. The molecule has 33 heavy (non-hydrogen) atoms. The molecule has 1 amide bonds. The number of rotatable bonds is 5. The zero-order chi connectivity index (χ0) is 23.8. The summed E-state index contributed by atoms with van der Waals surface area (Å²) in [5, 5.41) is 2.82. The van der Waals surface area contributed by atoms with Crippen molar-refractivity contribution >= 4 is 44.1 Å². The van der Waals surface area contributed by atoms with Crippen LogP contribution in [0.2, 0.25) is 5.02 Å². The average Bonchev–Trinajstić information content (AvgIpc) is 2.77. The third-order valence-corrected chi connectivity index (χ3v) is 6.92. The highest BCUT2D eigenvalue weighted by atomic mass is 35.5. The molecule has 0 radical (unpaired) electrons. The van der Waals surface area contributed by atoms with Crippen LogP contribution in [0.5, 0.6) is 0 Å². The van der Waals surface area contributed by atoms with E-state index in [9.17, 15) is 22.4 Å². The number of nitrogens with one attached hydrogen (secondary N) is 1. The maximum absolute atomic E-state index is 13.9. The van der Waals surface area contributed by atoms with Gasteiger partial charge in [-0.15, -0.1) is 0 Å². The monoisotopic (exact) mass is 485 g/mol. The van der Waals surface area contributed by atoms with E-state index in [-0.39, 0.29) is 21.6 Å². The van der Waals surface area contributed by atoms with Gasteiger partial charge >= 0.3 is 0 Å². The Morgan fingerprint density at radius 1 is 1.09 bits per heavy atom. The molecule has 4 aromatic rings. The van der Waals surface area contributed by atoms with Gasteiger partial charge in [-0.25, -0.2) is 17.8 Å². The summed E-state index contributed by atoms with van der Waals surface area (Å²) >= 11 is 5.85. The van der Waals surface area contributed by atoms with Crippen LogP contribution in [-0.2, 0) is 21.2 Å². The van der Waals surface area contributed by atoms with Crippen molar-refractivity contribution < 1.29 is 17.6 Å². The molecule has 0 spiro atoms. The number of halogens is 2. The second-order valence-electron chi connectivity index (χ2n) is 7.26. The van der Waals surface area contributed by atoms with Crippen LogP contribution in [0, 0.1) is 12.7 Å². The van der Waals surface area contributed by atoms with Crippen molar-refractivity contribution in [3.05, 3.63) is 93.6 Å². The lowest BCUT2D eigenvalue weighted by molar-refractivity contribution is -0.116. The minimum absolute atomic E-state index is 0.0222. The second kappa shape index (κ2) is 8.76. The number of carbonyl (C=O) groups excluding carboxylic acids is 1. The number of pyridine rings is 2. The molecule has 0 aliphatic heterocycles. The molecule has 0 bridgehead atoms. The van der Waals surface area contributed by atoms with E-state index >= 15 is 0 Å². The van der Waals surface area contributed by atoms with Gasteiger partial charge in [-0.3, -0.25) is 9.59 Å². The highest BCUT2D eigenvalue weighted by Gasteiger charge is 2.25. The molecule has 2 heterocycles. The van der Waals surface area contributed by atoms with Crippen molar-refractivity contribution in [3.8, 4) is 0 Å². The zero-order valence-corrected chi connectivity index (χ0v) is 18.8. The van der Waals surface area contributed by atoms with Crippen LogP contribution in [0.1, 0.15) is 5.69 Å².